The first-order chi connectivity index (χ1) is 9.56. The Hall–Kier alpha value is -2.12. The first kappa shape index (κ1) is 16.9. The van der Waals surface area contributed by atoms with Crippen LogP contribution in [0.2, 0.25) is 0 Å². The van der Waals surface area contributed by atoms with Gasteiger partial charge in [0, 0.05) is 12.6 Å². The number of nitrogens with zero attached hydrogens (tertiary/aromatic N) is 2. The predicted molar refractivity (Wildman–Crippen MR) is 73.4 cm³/mol. The molecule has 1 heterocycles. The van der Waals surface area contributed by atoms with E-state index in [0.717, 1.165) is 4.90 Å². The fourth-order valence-corrected chi connectivity index (χ4v) is 2.07. The van der Waals surface area contributed by atoms with Crippen molar-refractivity contribution in [1.29, 1.82) is 0 Å². The minimum absolute atomic E-state index is 0.0406. The van der Waals surface area contributed by atoms with Crippen LogP contribution < -0.4 is 5.32 Å². The van der Waals surface area contributed by atoms with Crippen LogP contribution in [0.15, 0.2) is 0 Å². The molecule has 0 unspecified atom stereocenters. The molecule has 118 valence electrons. The van der Waals surface area contributed by atoms with Gasteiger partial charge in [-0.05, 0) is 27.7 Å². The molecule has 0 atom stereocenters. The average molecular weight is 299 g/mol. The zero-order valence-corrected chi connectivity index (χ0v) is 12.7. The number of amides is 4. The lowest BCUT2D eigenvalue weighted by molar-refractivity contribution is -0.142. The van der Waals surface area contributed by atoms with Crippen molar-refractivity contribution in [1.82, 2.24) is 15.1 Å². The highest BCUT2D eigenvalue weighted by Gasteiger charge is 2.45. The van der Waals surface area contributed by atoms with Gasteiger partial charge >= 0.3 is 12.0 Å². The van der Waals surface area contributed by atoms with Crippen LogP contribution >= 0.6 is 0 Å². The van der Waals surface area contributed by atoms with Crippen LogP contribution in [0.5, 0.6) is 0 Å². The molecule has 0 aromatic heterocycles. The Balaban J connectivity index is 2.76. The number of hydrogen-bond acceptors (Lipinski definition) is 4. The SMILES string of the molecule is CC(C)N(CCC(=O)O)C(=O)CN1C(=O)NC(C)(C)C1=O. The van der Waals surface area contributed by atoms with Gasteiger partial charge in [0.2, 0.25) is 5.91 Å². The van der Waals surface area contributed by atoms with Crippen LogP contribution in [-0.2, 0) is 14.4 Å². The molecule has 8 nitrogen and oxygen atoms in total. The van der Waals surface area contributed by atoms with Gasteiger partial charge in [0.1, 0.15) is 12.1 Å². The summed E-state index contributed by atoms with van der Waals surface area (Å²) in [6, 6.07) is -0.828. The van der Waals surface area contributed by atoms with Crippen molar-refractivity contribution < 1.29 is 24.3 Å². The molecule has 8 heteroatoms. The van der Waals surface area contributed by atoms with Crippen LogP contribution in [0.1, 0.15) is 34.1 Å². The Labute approximate surface area is 123 Å². The second-order valence-corrected chi connectivity index (χ2v) is 5.77. The molecule has 0 bridgehead atoms. The van der Waals surface area contributed by atoms with Crippen molar-refractivity contribution in [3.05, 3.63) is 0 Å². The van der Waals surface area contributed by atoms with E-state index in [1.807, 2.05) is 0 Å². The number of rotatable bonds is 6. The van der Waals surface area contributed by atoms with Crippen LogP contribution in [0, 0.1) is 0 Å². The van der Waals surface area contributed by atoms with Crippen molar-refractivity contribution in [3.63, 3.8) is 0 Å². The molecule has 0 spiro atoms. The van der Waals surface area contributed by atoms with E-state index in [4.69, 9.17) is 5.11 Å². The second-order valence-electron chi connectivity index (χ2n) is 5.77. The third-order valence-electron chi connectivity index (χ3n) is 3.25. The lowest BCUT2D eigenvalue weighted by Gasteiger charge is -2.27. The highest BCUT2D eigenvalue weighted by Crippen LogP contribution is 2.16. The van der Waals surface area contributed by atoms with Gasteiger partial charge in [0.25, 0.3) is 5.91 Å². The van der Waals surface area contributed by atoms with Gasteiger partial charge in [0.15, 0.2) is 0 Å². The lowest BCUT2D eigenvalue weighted by Crippen LogP contribution is -2.47. The van der Waals surface area contributed by atoms with E-state index in [2.05, 4.69) is 5.32 Å². The van der Waals surface area contributed by atoms with E-state index in [1.165, 1.54) is 4.90 Å². The highest BCUT2D eigenvalue weighted by atomic mass is 16.4. The number of carboxylic acids is 1. The molecule has 0 aliphatic carbocycles. The summed E-state index contributed by atoms with van der Waals surface area (Å²) in [5.41, 5.74) is -1.03. The maximum absolute atomic E-state index is 12.2. The van der Waals surface area contributed by atoms with Crippen molar-refractivity contribution in [2.75, 3.05) is 13.1 Å². The number of imide groups is 1. The first-order valence-corrected chi connectivity index (χ1v) is 6.71. The van der Waals surface area contributed by atoms with Gasteiger partial charge < -0.3 is 15.3 Å². The molecular weight excluding hydrogens is 278 g/mol. The Morgan fingerprint density at radius 3 is 2.29 bits per heavy atom. The van der Waals surface area contributed by atoms with E-state index >= 15 is 0 Å². The second kappa shape index (κ2) is 6.11. The van der Waals surface area contributed by atoms with Crippen molar-refractivity contribution in [3.8, 4) is 0 Å². The minimum atomic E-state index is -1.03. The third-order valence-corrected chi connectivity index (χ3v) is 3.25. The lowest BCUT2D eigenvalue weighted by atomic mass is 10.1. The van der Waals surface area contributed by atoms with Crippen LogP contribution in [0.25, 0.3) is 0 Å². The molecular formula is C13H21N3O5. The van der Waals surface area contributed by atoms with E-state index in [1.54, 1.807) is 27.7 Å². The predicted octanol–water partition coefficient (Wildman–Crippen LogP) is 0.0285. The van der Waals surface area contributed by atoms with Crippen molar-refractivity contribution >= 4 is 23.8 Å². The number of carboxylic acid groups (broad SMARTS) is 1. The van der Waals surface area contributed by atoms with Gasteiger partial charge in [-0.25, -0.2) is 4.79 Å². The maximum Gasteiger partial charge on any atom is 0.325 e. The van der Waals surface area contributed by atoms with E-state index in [9.17, 15) is 19.2 Å². The highest BCUT2D eigenvalue weighted by molar-refractivity contribution is 6.08. The maximum atomic E-state index is 12.2. The molecule has 0 aromatic rings. The topological polar surface area (TPSA) is 107 Å². The number of hydrogen-bond donors (Lipinski definition) is 2. The normalized spacial score (nSPS) is 17.1. The molecule has 4 amide bonds. The zero-order chi connectivity index (χ0) is 16.4. The Bertz CT molecular complexity index is 472. The zero-order valence-electron chi connectivity index (χ0n) is 12.7. The summed E-state index contributed by atoms with van der Waals surface area (Å²) >= 11 is 0. The summed E-state index contributed by atoms with van der Waals surface area (Å²) in [5, 5.41) is 11.2. The Kier molecular flexibility index (Phi) is 4.93. The van der Waals surface area contributed by atoms with Gasteiger partial charge in [-0.2, -0.15) is 0 Å². The average Bonchev–Trinajstić information content (AvgIpc) is 2.51. The van der Waals surface area contributed by atoms with Crippen molar-refractivity contribution in [2.24, 2.45) is 0 Å². The fourth-order valence-electron chi connectivity index (χ4n) is 2.07. The summed E-state index contributed by atoms with van der Waals surface area (Å²) in [6.45, 7) is 6.26. The molecule has 1 rings (SSSR count). The largest absolute Gasteiger partial charge is 0.481 e. The number of urea groups is 1. The van der Waals surface area contributed by atoms with Crippen molar-refractivity contribution in [2.45, 2.75) is 45.7 Å². The monoisotopic (exact) mass is 299 g/mol. The van der Waals surface area contributed by atoms with Crippen LogP contribution in [-0.4, -0.2) is 63.4 Å². The summed E-state index contributed by atoms with van der Waals surface area (Å²) in [7, 11) is 0. The summed E-state index contributed by atoms with van der Waals surface area (Å²) in [5.74, 6) is -1.93. The first-order valence-electron chi connectivity index (χ1n) is 6.71. The molecule has 0 saturated carbocycles. The summed E-state index contributed by atoms with van der Waals surface area (Å²) in [6.07, 6.45) is -0.185. The molecule has 1 fully saturated rings. The van der Waals surface area contributed by atoms with Gasteiger partial charge in [-0.1, -0.05) is 0 Å². The van der Waals surface area contributed by atoms with Gasteiger partial charge in [0.05, 0.1) is 6.42 Å². The van der Waals surface area contributed by atoms with Crippen LogP contribution in [0.4, 0.5) is 4.79 Å². The Morgan fingerprint density at radius 2 is 1.90 bits per heavy atom. The van der Waals surface area contributed by atoms with E-state index < -0.39 is 29.4 Å². The molecule has 1 aliphatic heterocycles. The third kappa shape index (κ3) is 3.93. The standard InChI is InChI=1S/C13H21N3O5/c1-8(2)15(6-5-10(18)19)9(17)7-16-11(20)13(3,4)14-12(16)21/h8H,5-7H2,1-4H3,(H,14,21)(H,18,19). The van der Waals surface area contributed by atoms with Gasteiger partial charge in [-0.3, -0.25) is 19.3 Å². The molecule has 2 N–H and O–H groups in total. The quantitative estimate of drug-likeness (QED) is 0.673. The molecule has 21 heavy (non-hydrogen) atoms. The summed E-state index contributed by atoms with van der Waals surface area (Å²) in [4.78, 5) is 48.8. The minimum Gasteiger partial charge on any atom is -0.481 e. The number of aliphatic carboxylic acids is 1. The number of carbonyl (C=O) groups excluding carboxylic acids is 3. The van der Waals surface area contributed by atoms with E-state index in [-0.39, 0.29) is 25.6 Å². The smallest absolute Gasteiger partial charge is 0.325 e. The van der Waals surface area contributed by atoms with Crippen LogP contribution in [0.3, 0.4) is 0 Å². The molecule has 0 radical (unpaired) electrons. The molecule has 1 aliphatic rings. The molecule has 1 saturated heterocycles. The number of nitrogens with one attached hydrogen (secondary N) is 1. The number of carbonyl (C=O) groups is 4. The van der Waals surface area contributed by atoms with Gasteiger partial charge in [-0.15, -0.1) is 0 Å². The Morgan fingerprint density at radius 1 is 1.33 bits per heavy atom. The summed E-state index contributed by atoms with van der Waals surface area (Å²) < 4.78 is 0. The van der Waals surface area contributed by atoms with E-state index in [0.29, 0.717) is 0 Å². The molecule has 0 aromatic carbocycles. The fraction of sp³-hybridized carbons (Fsp3) is 0.692.